The molecule has 1 atom stereocenters. The first-order valence-electron chi connectivity index (χ1n) is 4.71. The van der Waals surface area contributed by atoms with Gasteiger partial charge in [0, 0.05) is 32.5 Å². The fraction of sp³-hybridized carbons (Fsp3) is 0.667. The van der Waals surface area contributed by atoms with E-state index in [2.05, 4.69) is 10.4 Å². The molecule has 0 bridgehead atoms. The van der Waals surface area contributed by atoms with Gasteiger partial charge in [-0.05, 0) is 6.92 Å². The zero-order valence-corrected chi connectivity index (χ0v) is 8.60. The Morgan fingerprint density at radius 3 is 3.07 bits per heavy atom. The topological polar surface area (TPSA) is 59.3 Å². The highest BCUT2D eigenvalue weighted by atomic mass is 16.5. The van der Waals surface area contributed by atoms with Crippen molar-refractivity contribution < 1.29 is 9.84 Å². The fourth-order valence-electron chi connectivity index (χ4n) is 1.04. The van der Waals surface area contributed by atoms with E-state index < -0.39 is 6.10 Å². The summed E-state index contributed by atoms with van der Waals surface area (Å²) in [5.74, 6) is 0.767. The molecule has 0 aliphatic carbocycles. The largest absolute Gasteiger partial charge is 0.389 e. The van der Waals surface area contributed by atoms with Crippen LogP contribution in [0.4, 0.5) is 5.82 Å². The first kappa shape index (κ1) is 11.0. The Morgan fingerprint density at radius 2 is 2.50 bits per heavy atom. The third kappa shape index (κ3) is 3.76. The van der Waals surface area contributed by atoms with Crippen molar-refractivity contribution in [2.24, 2.45) is 7.05 Å². The standard InChI is InChI=1S/C9H17N3O2/c1-3-14-7-8(13)6-10-9-4-5-12(2)11-9/h4-5,8,13H,3,6-7H2,1-2H3,(H,10,11). The van der Waals surface area contributed by atoms with Crippen LogP contribution >= 0.6 is 0 Å². The highest BCUT2D eigenvalue weighted by Crippen LogP contribution is 2.00. The van der Waals surface area contributed by atoms with Crippen LogP contribution in [0.15, 0.2) is 12.3 Å². The van der Waals surface area contributed by atoms with Gasteiger partial charge >= 0.3 is 0 Å². The molecule has 5 nitrogen and oxygen atoms in total. The van der Waals surface area contributed by atoms with Gasteiger partial charge in [0.1, 0.15) is 5.82 Å². The van der Waals surface area contributed by atoms with Gasteiger partial charge in [-0.1, -0.05) is 0 Å². The molecule has 0 aromatic carbocycles. The third-order valence-corrected chi connectivity index (χ3v) is 1.75. The number of nitrogens with zero attached hydrogens (tertiary/aromatic N) is 2. The molecule has 0 aliphatic rings. The number of nitrogens with one attached hydrogen (secondary N) is 1. The molecule has 0 saturated carbocycles. The monoisotopic (exact) mass is 199 g/mol. The summed E-state index contributed by atoms with van der Waals surface area (Å²) in [6, 6.07) is 1.85. The number of aryl methyl sites for hydroxylation is 1. The van der Waals surface area contributed by atoms with Crippen LogP contribution in [0.25, 0.3) is 0 Å². The van der Waals surface area contributed by atoms with Crippen LogP contribution in [-0.2, 0) is 11.8 Å². The second-order valence-electron chi connectivity index (χ2n) is 3.07. The van der Waals surface area contributed by atoms with Crippen molar-refractivity contribution in [2.45, 2.75) is 13.0 Å². The van der Waals surface area contributed by atoms with E-state index in [1.54, 1.807) is 4.68 Å². The number of anilines is 1. The average molecular weight is 199 g/mol. The summed E-state index contributed by atoms with van der Waals surface area (Å²) in [7, 11) is 1.85. The first-order valence-corrected chi connectivity index (χ1v) is 4.71. The van der Waals surface area contributed by atoms with Gasteiger partial charge in [0.05, 0.1) is 12.7 Å². The van der Waals surface area contributed by atoms with E-state index in [9.17, 15) is 5.11 Å². The molecule has 0 saturated heterocycles. The molecule has 0 spiro atoms. The Morgan fingerprint density at radius 1 is 1.71 bits per heavy atom. The summed E-state index contributed by atoms with van der Waals surface area (Å²) < 4.78 is 6.78. The minimum absolute atomic E-state index is 0.357. The van der Waals surface area contributed by atoms with Gasteiger partial charge in [0.15, 0.2) is 0 Å². The van der Waals surface area contributed by atoms with Crippen molar-refractivity contribution in [3.8, 4) is 0 Å². The molecular weight excluding hydrogens is 182 g/mol. The minimum atomic E-state index is -0.489. The van der Waals surface area contributed by atoms with Crippen LogP contribution in [0.5, 0.6) is 0 Å². The van der Waals surface area contributed by atoms with E-state index >= 15 is 0 Å². The van der Waals surface area contributed by atoms with Crippen molar-refractivity contribution in [3.05, 3.63) is 12.3 Å². The van der Waals surface area contributed by atoms with Gasteiger partial charge in [-0.3, -0.25) is 4.68 Å². The molecule has 2 N–H and O–H groups in total. The molecule has 1 aromatic heterocycles. The lowest BCUT2D eigenvalue weighted by Gasteiger charge is -2.10. The molecule has 1 aromatic rings. The summed E-state index contributed by atoms with van der Waals surface area (Å²) in [5, 5.41) is 16.6. The summed E-state index contributed by atoms with van der Waals surface area (Å²) >= 11 is 0. The van der Waals surface area contributed by atoms with E-state index in [0.717, 1.165) is 5.82 Å². The molecule has 0 aliphatic heterocycles. The van der Waals surface area contributed by atoms with E-state index in [1.165, 1.54) is 0 Å². The number of rotatable bonds is 6. The maximum absolute atomic E-state index is 9.43. The summed E-state index contributed by atoms with van der Waals surface area (Å²) in [4.78, 5) is 0. The Hall–Kier alpha value is -1.07. The quantitative estimate of drug-likeness (QED) is 0.688. The number of hydrogen-bond donors (Lipinski definition) is 2. The van der Waals surface area contributed by atoms with E-state index in [4.69, 9.17) is 4.74 Å². The van der Waals surface area contributed by atoms with Crippen molar-refractivity contribution in [2.75, 3.05) is 25.1 Å². The predicted molar refractivity (Wildman–Crippen MR) is 54.2 cm³/mol. The lowest BCUT2D eigenvalue weighted by atomic mass is 10.4. The molecule has 0 fully saturated rings. The molecule has 0 radical (unpaired) electrons. The Kier molecular flexibility index (Phi) is 4.42. The predicted octanol–water partition coefficient (Wildman–Crippen LogP) is 0.229. The van der Waals surface area contributed by atoms with Crippen LogP contribution in [0.1, 0.15) is 6.92 Å². The second kappa shape index (κ2) is 5.62. The smallest absolute Gasteiger partial charge is 0.148 e. The average Bonchev–Trinajstić information content (AvgIpc) is 2.58. The molecule has 14 heavy (non-hydrogen) atoms. The molecule has 0 amide bonds. The zero-order chi connectivity index (χ0) is 10.4. The van der Waals surface area contributed by atoms with E-state index in [-0.39, 0.29) is 0 Å². The van der Waals surface area contributed by atoms with Crippen LogP contribution in [-0.4, -0.2) is 40.7 Å². The number of hydrogen-bond acceptors (Lipinski definition) is 4. The van der Waals surface area contributed by atoms with Crippen molar-refractivity contribution in [1.82, 2.24) is 9.78 Å². The zero-order valence-electron chi connectivity index (χ0n) is 8.60. The maximum Gasteiger partial charge on any atom is 0.148 e. The van der Waals surface area contributed by atoms with E-state index in [0.29, 0.717) is 19.8 Å². The Bertz CT molecular complexity index is 262. The highest BCUT2D eigenvalue weighted by Gasteiger charge is 2.04. The molecule has 80 valence electrons. The van der Waals surface area contributed by atoms with Gasteiger partial charge in [0.25, 0.3) is 0 Å². The van der Waals surface area contributed by atoms with Crippen molar-refractivity contribution >= 4 is 5.82 Å². The summed E-state index contributed by atoms with van der Waals surface area (Å²) in [6.07, 6.45) is 1.36. The van der Waals surface area contributed by atoms with Crippen LogP contribution in [0, 0.1) is 0 Å². The minimum Gasteiger partial charge on any atom is -0.389 e. The molecule has 1 unspecified atom stereocenters. The lowest BCUT2D eigenvalue weighted by Crippen LogP contribution is -2.25. The van der Waals surface area contributed by atoms with Gasteiger partial charge in [-0.2, -0.15) is 5.10 Å². The van der Waals surface area contributed by atoms with Crippen LogP contribution in [0.3, 0.4) is 0 Å². The van der Waals surface area contributed by atoms with Gasteiger partial charge in [-0.15, -0.1) is 0 Å². The van der Waals surface area contributed by atoms with Crippen molar-refractivity contribution in [1.29, 1.82) is 0 Å². The number of aromatic nitrogens is 2. The summed E-state index contributed by atoms with van der Waals surface area (Å²) in [6.45, 7) is 3.34. The molecule has 1 rings (SSSR count). The summed E-state index contributed by atoms with van der Waals surface area (Å²) in [5.41, 5.74) is 0. The van der Waals surface area contributed by atoms with Crippen LogP contribution in [0.2, 0.25) is 0 Å². The lowest BCUT2D eigenvalue weighted by molar-refractivity contribution is 0.0495. The first-order chi connectivity index (χ1) is 6.72. The van der Waals surface area contributed by atoms with Gasteiger partial charge in [0.2, 0.25) is 0 Å². The molecule has 1 heterocycles. The van der Waals surface area contributed by atoms with E-state index in [1.807, 2.05) is 26.2 Å². The fourth-order valence-corrected chi connectivity index (χ4v) is 1.04. The number of ether oxygens (including phenoxy) is 1. The second-order valence-corrected chi connectivity index (χ2v) is 3.07. The van der Waals surface area contributed by atoms with Crippen molar-refractivity contribution in [3.63, 3.8) is 0 Å². The maximum atomic E-state index is 9.43. The Balaban J connectivity index is 2.20. The van der Waals surface area contributed by atoms with Crippen LogP contribution < -0.4 is 5.32 Å². The Labute approximate surface area is 83.7 Å². The molecule has 5 heteroatoms. The number of aliphatic hydroxyl groups excluding tert-OH is 1. The molecular formula is C9H17N3O2. The van der Waals surface area contributed by atoms with Gasteiger partial charge in [-0.25, -0.2) is 0 Å². The SMILES string of the molecule is CCOCC(O)CNc1ccn(C)n1. The highest BCUT2D eigenvalue weighted by molar-refractivity contribution is 5.31. The van der Waals surface area contributed by atoms with Gasteiger partial charge < -0.3 is 15.2 Å². The third-order valence-electron chi connectivity index (χ3n) is 1.75. The normalized spacial score (nSPS) is 12.8. The number of aliphatic hydroxyl groups is 1.